The molecule has 21 heavy (non-hydrogen) atoms. The van der Waals surface area contributed by atoms with Crippen LogP contribution in [0.3, 0.4) is 0 Å². The number of aromatic hydroxyl groups is 1. The van der Waals surface area contributed by atoms with Crippen molar-refractivity contribution in [3.63, 3.8) is 0 Å². The molecule has 1 N–H and O–H groups in total. The number of anilines is 2. The largest absolute Gasteiger partial charge is 0.506 e. The normalized spacial score (nSPS) is 27.2. The van der Waals surface area contributed by atoms with E-state index in [0.717, 1.165) is 48.7 Å². The van der Waals surface area contributed by atoms with Gasteiger partial charge in [0.15, 0.2) is 0 Å². The van der Waals surface area contributed by atoms with E-state index in [4.69, 9.17) is 4.74 Å². The summed E-state index contributed by atoms with van der Waals surface area (Å²) in [5.41, 5.74) is 3.31. The molecule has 4 rings (SSSR count). The maximum atomic E-state index is 10.4. The van der Waals surface area contributed by atoms with Gasteiger partial charge in [-0.05, 0) is 18.9 Å². The van der Waals surface area contributed by atoms with Crippen molar-refractivity contribution in [3.8, 4) is 5.75 Å². The van der Waals surface area contributed by atoms with Crippen LogP contribution in [-0.4, -0.2) is 43.7 Å². The summed E-state index contributed by atoms with van der Waals surface area (Å²) in [5, 5.41) is 10.4. The molecule has 0 aliphatic carbocycles. The lowest BCUT2D eigenvalue weighted by molar-refractivity contribution is 0.0305. The number of phenols is 1. The zero-order valence-corrected chi connectivity index (χ0v) is 12.1. The van der Waals surface area contributed by atoms with Crippen molar-refractivity contribution in [1.29, 1.82) is 0 Å². The van der Waals surface area contributed by atoms with Gasteiger partial charge in [0.1, 0.15) is 11.4 Å². The summed E-state index contributed by atoms with van der Waals surface area (Å²) >= 11 is 0. The van der Waals surface area contributed by atoms with Gasteiger partial charge in [-0.3, -0.25) is 4.99 Å². The molecule has 3 heterocycles. The monoisotopic (exact) mass is 285 g/mol. The summed E-state index contributed by atoms with van der Waals surface area (Å²) in [6.07, 6.45) is 4.66. The van der Waals surface area contributed by atoms with Crippen molar-refractivity contribution < 1.29 is 9.84 Å². The van der Waals surface area contributed by atoms with E-state index in [1.165, 1.54) is 0 Å². The lowest BCUT2D eigenvalue weighted by atomic mass is 10.1. The fraction of sp³-hybridized carbons (Fsp3) is 0.438. The lowest BCUT2D eigenvalue weighted by Gasteiger charge is -2.35. The van der Waals surface area contributed by atoms with Crippen molar-refractivity contribution in [1.82, 2.24) is 0 Å². The first kappa shape index (κ1) is 12.7. The number of fused-ring (bicyclic) bond motifs is 3. The minimum absolute atomic E-state index is 0.252. The van der Waals surface area contributed by atoms with Crippen LogP contribution >= 0.6 is 0 Å². The van der Waals surface area contributed by atoms with E-state index in [-0.39, 0.29) is 5.75 Å². The van der Waals surface area contributed by atoms with Crippen LogP contribution in [0.4, 0.5) is 17.1 Å². The molecule has 0 amide bonds. The Morgan fingerprint density at radius 3 is 2.71 bits per heavy atom. The van der Waals surface area contributed by atoms with Gasteiger partial charge in [0.25, 0.3) is 0 Å². The van der Waals surface area contributed by atoms with Crippen LogP contribution in [0.15, 0.2) is 29.4 Å². The summed E-state index contributed by atoms with van der Waals surface area (Å²) in [6.45, 7) is 5.69. The topological polar surface area (TPSA) is 48.3 Å². The highest BCUT2D eigenvalue weighted by Gasteiger charge is 2.34. The zero-order valence-electron chi connectivity index (χ0n) is 12.1. The van der Waals surface area contributed by atoms with Gasteiger partial charge in [0, 0.05) is 31.9 Å². The predicted molar refractivity (Wildman–Crippen MR) is 83.9 cm³/mol. The molecule has 3 aliphatic rings. The summed E-state index contributed by atoms with van der Waals surface area (Å²) in [6, 6.07) is 3.87. The van der Waals surface area contributed by atoms with Crippen LogP contribution in [0.1, 0.15) is 12.8 Å². The van der Waals surface area contributed by atoms with E-state index in [9.17, 15) is 5.11 Å². The number of phenolic OH excluding ortho intramolecular Hbond substituents is 1. The Balaban J connectivity index is 1.71. The Kier molecular flexibility index (Phi) is 2.72. The van der Waals surface area contributed by atoms with Crippen molar-refractivity contribution >= 4 is 23.3 Å². The average Bonchev–Trinajstić information content (AvgIpc) is 2.81. The highest BCUT2D eigenvalue weighted by Crippen LogP contribution is 2.44. The highest BCUT2D eigenvalue weighted by atomic mass is 16.5. The standard InChI is InChI=1S/C16H19N3O2/c1-10-7-17-14-5-11(6-15(20)16(14)18(10)2)19-8-12-3-4-13(9-19)21-12/h5-7,12-13,20H,1,3-4,8-9H2,2H3. The number of aliphatic imine (C=N–C) groups is 1. The molecule has 5 nitrogen and oxygen atoms in total. The van der Waals surface area contributed by atoms with E-state index >= 15 is 0 Å². The molecule has 0 radical (unpaired) electrons. The molecule has 2 bridgehead atoms. The minimum Gasteiger partial charge on any atom is -0.506 e. The number of benzene rings is 1. The number of hydrogen-bond donors (Lipinski definition) is 1. The van der Waals surface area contributed by atoms with Gasteiger partial charge in [-0.25, -0.2) is 0 Å². The Hall–Kier alpha value is -2.01. The first-order chi connectivity index (χ1) is 10.1. The van der Waals surface area contributed by atoms with Crippen molar-refractivity contribution in [2.45, 2.75) is 25.0 Å². The van der Waals surface area contributed by atoms with Gasteiger partial charge < -0.3 is 19.6 Å². The number of nitrogens with zero attached hydrogens (tertiary/aromatic N) is 3. The maximum Gasteiger partial charge on any atom is 0.143 e. The van der Waals surface area contributed by atoms with Gasteiger partial charge in [0.2, 0.25) is 0 Å². The first-order valence-corrected chi connectivity index (χ1v) is 7.36. The minimum atomic E-state index is 0.252. The molecule has 2 saturated heterocycles. The SMILES string of the molecule is C=C1C=Nc2cc(N3CC4CCC(C3)O4)cc(O)c2N1C. The summed E-state index contributed by atoms with van der Waals surface area (Å²) in [4.78, 5) is 8.57. The van der Waals surface area contributed by atoms with Crippen molar-refractivity contribution in [2.75, 3.05) is 29.9 Å². The van der Waals surface area contributed by atoms with Crippen LogP contribution in [0.2, 0.25) is 0 Å². The molecule has 1 aromatic carbocycles. The third kappa shape index (κ3) is 2.00. The van der Waals surface area contributed by atoms with E-state index in [2.05, 4.69) is 16.5 Å². The molecule has 2 fully saturated rings. The van der Waals surface area contributed by atoms with Crippen LogP contribution in [0.25, 0.3) is 0 Å². The smallest absolute Gasteiger partial charge is 0.143 e. The van der Waals surface area contributed by atoms with Gasteiger partial charge in [-0.2, -0.15) is 0 Å². The molecule has 0 saturated carbocycles. The van der Waals surface area contributed by atoms with E-state index in [1.54, 1.807) is 6.21 Å². The number of hydrogen-bond acceptors (Lipinski definition) is 5. The Labute approximate surface area is 124 Å². The van der Waals surface area contributed by atoms with E-state index < -0.39 is 0 Å². The number of rotatable bonds is 1. The molecule has 0 spiro atoms. The summed E-state index contributed by atoms with van der Waals surface area (Å²) < 4.78 is 5.87. The van der Waals surface area contributed by atoms with Crippen LogP contribution < -0.4 is 9.80 Å². The second kappa shape index (κ2) is 4.49. The van der Waals surface area contributed by atoms with Crippen molar-refractivity contribution in [3.05, 3.63) is 24.4 Å². The first-order valence-electron chi connectivity index (χ1n) is 7.36. The lowest BCUT2D eigenvalue weighted by Crippen LogP contribution is -2.42. The summed E-state index contributed by atoms with van der Waals surface area (Å²) in [5.74, 6) is 0.252. The molecular formula is C16H19N3O2. The molecule has 1 aromatic rings. The number of ether oxygens (including phenoxy) is 1. The number of morpholine rings is 1. The molecule has 3 aliphatic heterocycles. The zero-order chi connectivity index (χ0) is 14.6. The average molecular weight is 285 g/mol. The molecule has 2 unspecified atom stereocenters. The van der Waals surface area contributed by atoms with E-state index in [0.29, 0.717) is 12.2 Å². The molecule has 2 atom stereocenters. The Morgan fingerprint density at radius 2 is 2.00 bits per heavy atom. The third-order valence-corrected chi connectivity index (χ3v) is 4.58. The van der Waals surface area contributed by atoms with Gasteiger partial charge in [-0.1, -0.05) is 6.58 Å². The predicted octanol–water partition coefficient (Wildman–Crippen LogP) is 2.43. The third-order valence-electron chi connectivity index (χ3n) is 4.58. The molecule has 110 valence electrons. The van der Waals surface area contributed by atoms with Crippen molar-refractivity contribution in [2.24, 2.45) is 4.99 Å². The van der Waals surface area contributed by atoms with Gasteiger partial charge >= 0.3 is 0 Å². The second-order valence-electron chi connectivity index (χ2n) is 6.00. The molecule has 0 aromatic heterocycles. The fourth-order valence-corrected chi connectivity index (χ4v) is 3.41. The Morgan fingerprint density at radius 1 is 1.29 bits per heavy atom. The maximum absolute atomic E-state index is 10.4. The van der Waals surface area contributed by atoms with E-state index in [1.807, 2.05) is 24.1 Å². The van der Waals surface area contributed by atoms with Crippen LogP contribution in [-0.2, 0) is 4.74 Å². The second-order valence-corrected chi connectivity index (χ2v) is 6.00. The van der Waals surface area contributed by atoms with Crippen LogP contribution in [0.5, 0.6) is 5.75 Å². The molecule has 5 heteroatoms. The van der Waals surface area contributed by atoms with Crippen LogP contribution in [0, 0.1) is 0 Å². The summed E-state index contributed by atoms with van der Waals surface area (Å²) in [7, 11) is 1.89. The van der Waals surface area contributed by atoms with Gasteiger partial charge in [-0.15, -0.1) is 0 Å². The quantitative estimate of drug-likeness (QED) is 0.861. The fourth-order valence-electron chi connectivity index (χ4n) is 3.41. The molecular weight excluding hydrogens is 266 g/mol. The highest BCUT2D eigenvalue weighted by molar-refractivity contribution is 5.95. The van der Waals surface area contributed by atoms with Gasteiger partial charge in [0.05, 0.1) is 29.8 Å². The number of allylic oxidation sites excluding steroid dienone is 1. The Bertz CT molecular complexity index is 629.